The summed E-state index contributed by atoms with van der Waals surface area (Å²) in [6.45, 7) is 3.68. The number of benzene rings is 3. The average Bonchev–Trinajstić information content (AvgIpc) is 2.92. The highest BCUT2D eigenvalue weighted by molar-refractivity contribution is 7.89. The highest BCUT2D eigenvalue weighted by Gasteiger charge is 2.34. The Kier molecular flexibility index (Phi) is 6.67. The second-order valence-electron chi connectivity index (χ2n) is 9.20. The second kappa shape index (κ2) is 9.87. The first-order valence-electron chi connectivity index (χ1n) is 12.1. The molecule has 0 N–H and O–H groups in total. The molecule has 0 atom stereocenters. The van der Waals surface area contributed by atoms with Gasteiger partial charge in [0.25, 0.3) is 0 Å². The molecule has 0 spiro atoms. The normalized spacial score (nSPS) is 18.1. The number of anilines is 1. The van der Waals surface area contributed by atoms with Gasteiger partial charge in [-0.3, -0.25) is 4.79 Å². The van der Waals surface area contributed by atoms with Gasteiger partial charge in [0.15, 0.2) is 0 Å². The summed E-state index contributed by atoms with van der Waals surface area (Å²) in [4.78, 5) is 17.7. The zero-order valence-electron chi connectivity index (χ0n) is 20.0. The van der Waals surface area contributed by atoms with Gasteiger partial charge in [-0.2, -0.15) is 4.31 Å². The first-order chi connectivity index (χ1) is 17.0. The van der Waals surface area contributed by atoms with Gasteiger partial charge in [0.1, 0.15) is 5.75 Å². The van der Waals surface area contributed by atoms with Crippen molar-refractivity contribution >= 4 is 32.4 Å². The molecule has 0 radical (unpaired) electrons. The number of hydrogen-bond donors (Lipinski definition) is 0. The number of piperidine rings is 1. The standard InChI is InChI=1S/C27H31N3O4S/c1-34-25-9-7-24(8-10-25)28-16-18-29(19-17-28)27(31)22-12-14-30(15-13-22)35(32,33)26-11-6-21-4-2-3-5-23(21)20-26/h2-11,20,22H,12-19H2,1H3. The molecule has 2 fully saturated rings. The Morgan fingerprint density at radius 2 is 1.49 bits per heavy atom. The topological polar surface area (TPSA) is 70.2 Å². The molecule has 2 heterocycles. The van der Waals surface area contributed by atoms with Crippen LogP contribution in [0, 0.1) is 5.92 Å². The number of carbonyl (C=O) groups excluding carboxylic acids is 1. The number of methoxy groups -OCH3 is 1. The molecule has 3 aromatic rings. The van der Waals surface area contributed by atoms with E-state index >= 15 is 0 Å². The van der Waals surface area contributed by atoms with Gasteiger partial charge < -0.3 is 14.5 Å². The highest BCUT2D eigenvalue weighted by Crippen LogP contribution is 2.28. The zero-order chi connectivity index (χ0) is 24.4. The van der Waals surface area contributed by atoms with E-state index < -0.39 is 10.0 Å². The van der Waals surface area contributed by atoms with Gasteiger partial charge in [-0.1, -0.05) is 30.3 Å². The van der Waals surface area contributed by atoms with Crippen molar-refractivity contribution in [2.75, 3.05) is 51.3 Å². The summed E-state index contributed by atoms with van der Waals surface area (Å²) in [5.41, 5.74) is 1.13. The fraction of sp³-hybridized carbons (Fsp3) is 0.370. The molecule has 2 saturated heterocycles. The van der Waals surface area contributed by atoms with Crippen LogP contribution in [0.3, 0.4) is 0 Å². The van der Waals surface area contributed by atoms with Crippen LogP contribution in [0.4, 0.5) is 5.69 Å². The van der Waals surface area contributed by atoms with Crippen molar-refractivity contribution in [3.8, 4) is 5.75 Å². The molecule has 2 aliphatic rings. The molecule has 0 bridgehead atoms. The minimum absolute atomic E-state index is 0.120. The smallest absolute Gasteiger partial charge is 0.243 e. The highest BCUT2D eigenvalue weighted by atomic mass is 32.2. The summed E-state index contributed by atoms with van der Waals surface area (Å²) >= 11 is 0. The largest absolute Gasteiger partial charge is 0.497 e. The van der Waals surface area contributed by atoms with Crippen LogP contribution in [-0.2, 0) is 14.8 Å². The minimum atomic E-state index is -3.58. The maximum absolute atomic E-state index is 13.2. The van der Waals surface area contributed by atoms with Gasteiger partial charge in [-0.15, -0.1) is 0 Å². The van der Waals surface area contributed by atoms with Crippen molar-refractivity contribution < 1.29 is 17.9 Å². The van der Waals surface area contributed by atoms with Gasteiger partial charge in [0, 0.05) is 50.9 Å². The third-order valence-corrected chi connectivity index (χ3v) is 9.09. The molecule has 2 aliphatic heterocycles. The second-order valence-corrected chi connectivity index (χ2v) is 11.1. The molecule has 8 heteroatoms. The lowest BCUT2D eigenvalue weighted by Crippen LogP contribution is -2.52. The molecule has 0 saturated carbocycles. The fourth-order valence-corrected chi connectivity index (χ4v) is 6.56. The number of nitrogens with zero attached hydrogens (tertiary/aromatic N) is 3. The van der Waals surface area contributed by atoms with E-state index in [0.29, 0.717) is 43.9 Å². The van der Waals surface area contributed by atoms with E-state index in [0.717, 1.165) is 35.3 Å². The molecular weight excluding hydrogens is 462 g/mol. The van der Waals surface area contributed by atoms with E-state index in [1.165, 1.54) is 4.31 Å². The van der Waals surface area contributed by atoms with E-state index in [4.69, 9.17) is 4.74 Å². The van der Waals surface area contributed by atoms with Crippen LogP contribution in [-0.4, -0.2) is 69.9 Å². The summed E-state index contributed by atoms with van der Waals surface area (Å²) < 4.78 is 33.2. The van der Waals surface area contributed by atoms with Crippen molar-refractivity contribution in [3.63, 3.8) is 0 Å². The lowest BCUT2D eigenvalue weighted by molar-refractivity contribution is -0.137. The van der Waals surface area contributed by atoms with Crippen molar-refractivity contribution in [3.05, 3.63) is 66.7 Å². The van der Waals surface area contributed by atoms with Crippen LogP contribution in [0.25, 0.3) is 10.8 Å². The Hall–Kier alpha value is -3.10. The number of piperazine rings is 1. The van der Waals surface area contributed by atoms with Crippen molar-refractivity contribution in [1.29, 1.82) is 0 Å². The van der Waals surface area contributed by atoms with E-state index in [1.54, 1.807) is 19.2 Å². The third kappa shape index (κ3) is 4.86. The van der Waals surface area contributed by atoms with Crippen LogP contribution >= 0.6 is 0 Å². The van der Waals surface area contributed by atoms with Gasteiger partial charge in [-0.25, -0.2) is 8.42 Å². The quantitative estimate of drug-likeness (QED) is 0.543. The fourth-order valence-electron chi connectivity index (χ4n) is 5.06. The first kappa shape index (κ1) is 23.6. The van der Waals surface area contributed by atoms with Crippen LogP contribution in [0.1, 0.15) is 12.8 Å². The summed E-state index contributed by atoms with van der Waals surface area (Å²) in [6, 6.07) is 21.0. The monoisotopic (exact) mass is 493 g/mol. The number of rotatable bonds is 5. The number of amides is 1. The number of fused-ring (bicyclic) bond motifs is 1. The number of sulfonamides is 1. The first-order valence-corrected chi connectivity index (χ1v) is 13.6. The summed E-state index contributed by atoms with van der Waals surface area (Å²) in [6.07, 6.45) is 1.12. The molecule has 184 valence electrons. The summed E-state index contributed by atoms with van der Waals surface area (Å²) in [5, 5.41) is 1.93. The van der Waals surface area contributed by atoms with Gasteiger partial charge in [0.05, 0.1) is 12.0 Å². The maximum Gasteiger partial charge on any atom is 0.243 e. The van der Waals surface area contributed by atoms with E-state index in [-0.39, 0.29) is 11.8 Å². The Balaban J connectivity index is 1.16. The van der Waals surface area contributed by atoms with Crippen LogP contribution < -0.4 is 9.64 Å². The number of carbonyl (C=O) groups is 1. The van der Waals surface area contributed by atoms with Crippen LogP contribution in [0.15, 0.2) is 71.6 Å². The van der Waals surface area contributed by atoms with Crippen molar-refractivity contribution in [2.45, 2.75) is 17.7 Å². The lowest BCUT2D eigenvalue weighted by atomic mass is 9.96. The average molecular weight is 494 g/mol. The molecule has 7 nitrogen and oxygen atoms in total. The maximum atomic E-state index is 13.2. The Bertz CT molecular complexity index is 1290. The molecule has 3 aromatic carbocycles. The summed E-state index contributed by atoms with van der Waals surface area (Å²) in [7, 11) is -1.92. The molecule has 5 rings (SSSR count). The van der Waals surface area contributed by atoms with Crippen LogP contribution in [0.2, 0.25) is 0 Å². The number of ether oxygens (including phenoxy) is 1. The molecule has 0 unspecified atom stereocenters. The number of hydrogen-bond acceptors (Lipinski definition) is 5. The third-order valence-electron chi connectivity index (χ3n) is 7.19. The van der Waals surface area contributed by atoms with Crippen LogP contribution in [0.5, 0.6) is 5.75 Å². The van der Waals surface area contributed by atoms with Gasteiger partial charge in [0.2, 0.25) is 15.9 Å². The van der Waals surface area contributed by atoms with E-state index in [2.05, 4.69) is 4.90 Å². The zero-order valence-corrected chi connectivity index (χ0v) is 20.8. The Morgan fingerprint density at radius 3 is 2.14 bits per heavy atom. The van der Waals surface area contributed by atoms with Gasteiger partial charge >= 0.3 is 0 Å². The SMILES string of the molecule is COc1ccc(N2CCN(C(=O)C3CCN(S(=O)(=O)c4ccc5ccccc5c4)CC3)CC2)cc1. The Morgan fingerprint density at radius 1 is 0.829 bits per heavy atom. The lowest BCUT2D eigenvalue weighted by Gasteiger charge is -2.39. The van der Waals surface area contributed by atoms with Crippen molar-refractivity contribution in [2.24, 2.45) is 5.92 Å². The molecule has 1 amide bonds. The molecule has 35 heavy (non-hydrogen) atoms. The van der Waals surface area contributed by atoms with Crippen molar-refractivity contribution in [1.82, 2.24) is 9.21 Å². The molecule has 0 aromatic heterocycles. The summed E-state index contributed by atoms with van der Waals surface area (Å²) in [5.74, 6) is 0.865. The van der Waals surface area contributed by atoms with E-state index in [1.807, 2.05) is 59.5 Å². The molecule has 0 aliphatic carbocycles. The minimum Gasteiger partial charge on any atom is -0.497 e. The predicted octanol–water partition coefficient (Wildman–Crippen LogP) is 3.60. The van der Waals surface area contributed by atoms with Gasteiger partial charge in [-0.05, 0) is 60.0 Å². The van der Waals surface area contributed by atoms with E-state index in [9.17, 15) is 13.2 Å². The molecular formula is C27H31N3O4S. The predicted molar refractivity (Wildman–Crippen MR) is 137 cm³/mol. The Labute approximate surface area is 206 Å².